The van der Waals surface area contributed by atoms with E-state index < -0.39 is 0 Å². The highest BCUT2D eigenvalue weighted by Crippen LogP contribution is 2.28. The van der Waals surface area contributed by atoms with Crippen molar-refractivity contribution in [3.8, 4) is 5.75 Å². The van der Waals surface area contributed by atoms with Crippen LogP contribution in [0.15, 0.2) is 40.8 Å². The predicted octanol–water partition coefficient (Wildman–Crippen LogP) is 4.37. The zero-order valence-electron chi connectivity index (χ0n) is 10.7. The molecule has 2 aromatic rings. The maximum atomic E-state index is 6.37. The zero-order chi connectivity index (χ0) is 13.0. The van der Waals surface area contributed by atoms with Crippen LogP contribution in [-0.2, 0) is 12.8 Å². The Morgan fingerprint density at radius 2 is 2.11 bits per heavy atom. The minimum absolute atomic E-state index is 0.141. The van der Waals surface area contributed by atoms with Crippen LogP contribution in [-0.4, -0.2) is 7.11 Å². The van der Waals surface area contributed by atoms with Crippen molar-refractivity contribution in [1.82, 2.24) is 0 Å². The molecule has 2 rings (SSSR count). The van der Waals surface area contributed by atoms with Crippen LogP contribution in [0.1, 0.15) is 29.4 Å². The van der Waals surface area contributed by atoms with E-state index in [0.717, 1.165) is 35.7 Å². The third kappa shape index (κ3) is 3.08. The van der Waals surface area contributed by atoms with Gasteiger partial charge in [-0.05, 0) is 36.2 Å². The summed E-state index contributed by atoms with van der Waals surface area (Å²) in [5.74, 6) is 2.66. The van der Waals surface area contributed by atoms with E-state index in [1.807, 2.05) is 36.4 Å². The Morgan fingerprint density at radius 3 is 2.78 bits per heavy atom. The van der Waals surface area contributed by atoms with Gasteiger partial charge in [0.1, 0.15) is 17.3 Å². The largest absolute Gasteiger partial charge is 0.497 e. The highest BCUT2D eigenvalue weighted by atomic mass is 35.5. The standard InChI is InChI=1S/C15H17ClO2/c1-3-12-7-8-15(18-12)14(16)10-11-5-4-6-13(9-11)17-2/h4-9,14H,3,10H2,1-2H3. The number of halogens is 1. The molecule has 0 aliphatic rings. The van der Waals surface area contributed by atoms with Crippen molar-refractivity contribution in [2.24, 2.45) is 0 Å². The number of hydrogen-bond donors (Lipinski definition) is 0. The second-order valence-electron chi connectivity index (χ2n) is 4.18. The number of hydrogen-bond acceptors (Lipinski definition) is 2. The number of benzene rings is 1. The molecule has 3 heteroatoms. The number of furan rings is 1. The van der Waals surface area contributed by atoms with Gasteiger partial charge in [-0.2, -0.15) is 0 Å². The van der Waals surface area contributed by atoms with Crippen molar-refractivity contribution in [1.29, 1.82) is 0 Å². The van der Waals surface area contributed by atoms with Crippen molar-refractivity contribution in [2.45, 2.75) is 25.1 Å². The summed E-state index contributed by atoms with van der Waals surface area (Å²) in [4.78, 5) is 0. The van der Waals surface area contributed by atoms with Crippen LogP contribution in [0, 0.1) is 0 Å². The lowest BCUT2D eigenvalue weighted by atomic mass is 10.1. The molecule has 96 valence electrons. The molecule has 0 aliphatic heterocycles. The van der Waals surface area contributed by atoms with E-state index in [9.17, 15) is 0 Å². The predicted molar refractivity (Wildman–Crippen MR) is 73.4 cm³/mol. The first-order chi connectivity index (χ1) is 8.72. The summed E-state index contributed by atoms with van der Waals surface area (Å²) >= 11 is 6.37. The lowest BCUT2D eigenvalue weighted by molar-refractivity contribution is 0.414. The Hall–Kier alpha value is -1.41. The first-order valence-electron chi connectivity index (χ1n) is 6.08. The second kappa shape index (κ2) is 5.96. The molecule has 1 heterocycles. The number of rotatable bonds is 5. The molecule has 0 saturated heterocycles. The summed E-state index contributed by atoms with van der Waals surface area (Å²) in [6, 6.07) is 11.9. The lowest BCUT2D eigenvalue weighted by Crippen LogP contribution is -1.95. The van der Waals surface area contributed by atoms with Gasteiger partial charge in [0.25, 0.3) is 0 Å². The van der Waals surface area contributed by atoms with E-state index >= 15 is 0 Å². The van der Waals surface area contributed by atoms with E-state index in [0.29, 0.717) is 0 Å². The molecule has 2 nitrogen and oxygen atoms in total. The van der Waals surface area contributed by atoms with Crippen LogP contribution in [0.3, 0.4) is 0 Å². The summed E-state index contributed by atoms with van der Waals surface area (Å²) < 4.78 is 10.9. The fraction of sp³-hybridized carbons (Fsp3) is 0.333. The second-order valence-corrected chi connectivity index (χ2v) is 4.71. The molecule has 1 atom stereocenters. The summed E-state index contributed by atoms with van der Waals surface area (Å²) in [5, 5.41) is -0.141. The first kappa shape index (κ1) is 13.0. The van der Waals surface area contributed by atoms with Crippen LogP contribution in [0.2, 0.25) is 0 Å². The number of ether oxygens (including phenoxy) is 1. The van der Waals surface area contributed by atoms with E-state index in [2.05, 4.69) is 6.92 Å². The van der Waals surface area contributed by atoms with Gasteiger partial charge in [0.15, 0.2) is 0 Å². The van der Waals surface area contributed by atoms with Gasteiger partial charge in [-0.1, -0.05) is 19.1 Å². The molecule has 1 aromatic carbocycles. The Balaban J connectivity index is 2.08. The normalized spacial score (nSPS) is 12.4. The van der Waals surface area contributed by atoms with E-state index in [1.165, 1.54) is 0 Å². The Bertz CT molecular complexity index is 505. The SMILES string of the molecule is CCc1ccc(C(Cl)Cc2cccc(OC)c2)o1. The van der Waals surface area contributed by atoms with Gasteiger partial charge in [-0.3, -0.25) is 0 Å². The van der Waals surface area contributed by atoms with E-state index in [1.54, 1.807) is 7.11 Å². The molecular formula is C15H17ClO2. The van der Waals surface area contributed by atoms with Crippen LogP contribution in [0.5, 0.6) is 5.75 Å². The van der Waals surface area contributed by atoms with Crippen LogP contribution in [0.25, 0.3) is 0 Å². The van der Waals surface area contributed by atoms with Gasteiger partial charge in [-0.25, -0.2) is 0 Å². The van der Waals surface area contributed by atoms with Gasteiger partial charge in [0.2, 0.25) is 0 Å². The van der Waals surface area contributed by atoms with Gasteiger partial charge >= 0.3 is 0 Å². The van der Waals surface area contributed by atoms with Crippen LogP contribution >= 0.6 is 11.6 Å². The van der Waals surface area contributed by atoms with Gasteiger partial charge in [0.05, 0.1) is 12.5 Å². The molecule has 18 heavy (non-hydrogen) atoms. The average molecular weight is 265 g/mol. The number of alkyl halides is 1. The van der Waals surface area contributed by atoms with Gasteiger partial charge in [0, 0.05) is 6.42 Å². The van der Waals surface area contributed by atoms with Crippen molar-refractivity contribution in [2.75, 3.05) is 7.11 Å². The first-order valence-corrected chi connectivity index (χ1v) is 6.52. The van der Waals surface area contributed by atoms with Gasteiger partial charge in [-0.15, -0.1) is 11.6 Å². The number of aryl methyl sites for hydroxylation is 1. The van der Waals surface area contributed by atoms with Crippen molar-refractivity contribution >= 4 is 11.6 Å². The van der Waals surface area contributed by atoms with Crippen molar-refractivity contribution < 1.29 is 9.15 Å². The minimum atomic E-state index is -0.141. The van der Waals surface area contributed by atoms with Crippen molar-refractivity contribution in [3.63, 3.8) is 0 Å². The topological polar surface area (TPSA) is 22.4 Å². The summed E-state index contributed by atoms with van der Waals surface area (Å²) in [6.45, 7) is 2.06. The molecular weight excluding hydrogens is 248 g/mol. The maximum absolute atomic E-state index is 6.37. The van der Waals surface area contributed by atoms with Crippen LogP contribution < -0.4 is 4.74 Å². The molecule has 0 radical (unpaired) electrons. The summed E-state index contributed by atoms with van der Waals surface area (Å²) in [6.07, 6.45) is 1.62. The lowest BCUT2D eigenvalue weighted by Gasteiger charge is -2.08. The Labute approximate surface area is 113 Å². The highest BCUT2D eigenvalue weighted by Gasteiger charge is 2.13. The monoisotopic (exact) mass is 264 g/mol. The quantitative estimate of drug-likeness (QED) is 0.748. The molecule has 0 amide bonds. The average Bonchev–Trinajstić information content (AvgIpc) is 2.88. The maximum Gasteiger partial charge on any atom is 0.122 e. The number of methoxy groups -OCH3 is 1. The molecule has 0 fully saturated rings. The molecule has 0 spiro atoms. The molecule has 0 saturated carbocycles. The molecule has 0 bridgehead atoms. The molecule has 0 aliphatic carbocycles. The highest BCUT2D eigenvalue weighted by molar-refractivity contribution is 6.20. The van der Waals surface area contributed by atoms with Crippen molar-refractivity contribution in [3.05, 3.63) is 53.5 Å². The fourth-order valence-electron chi connectivity index (χ4n) is 1.86. The van der Waals surface area contributed by atoms with Crippen LogP contribution in [0.4, 0.5) is 0 Å². The Morgan fingerprint density at radius 1 is 1.28 bits per heavy atom. The summed E-state index contributed by atoms with van der Waals surface area (Å²) in [5.41, 5.74) is 1.14. The smallest absolute Gasteiger partial charge is 0.122 e. The zero-order valence-corrected chi connectivity index (χ0v) is 11.4. The third-order valence-electron chi connectivity index (χ3n) is 2.89. The minimum Gasteiger partial charge on any atom is -0.497 e. The van der Waals surface area contributed by atoms with E-state index in [4.69, 9.17) is 20.8 Å². The Kier molecular flexibility index (Phi) is 4.32. The van der Waals surface area contributed by atoms with Gasteiger partial charge < -0.3 is 9.15 Å². The molecule has 1 unspecified atom stereocenters. The van der Waals surface area contributed by atoms with E-state index in [-0.39, 0.29) is 5.38 Å². The fourth-order valence-corrected chi connectivity index (χ4v) is 2.16. The molecule has 1 aromatic heterocycles. The third-order valence-corrected chi connectivity index (χ3v) is 3.26. The summed E-state index contributed by atoms with van der Waals surface area (Å²) in [7, 11) is 1.66. The molecule has 0 N–H and O–H groups in total.